The average Bonchev–Trinajstić information content (AvgIpc) is 2.52. The molecule has 0 aliphatic heterocycles. The molecule has 0 saturated carbocycles. The first-order valence-electron chi connectivity index (χ1n) is 6.61. The summed E-state index contributed by atoms with van der Waals surface area (Å²) in [5, 5.41) is 3.38. The van der Waals surface area contributed by atoms with Crippen LogP contribution < -0.4 is 10.2 Å². The summed E-state index contributed by atoms with van der Waals surface area (Å²) in [6.07, 6.45) is 0. The fourth-order valence-electron chi connectivity index (χ4n) is 1.32. The monoisotopic (exact) mass is 328 g/mol. The summed E-state index contributed by atoms with van der Waals surface area (Å²) in [4.78, 5) is 22.4. The first-order valence-corrected chi connectivity index (χ1v) is 6.99. The molecule has 1 rings (SSSR count). The molecular weight excluding hydrogens is 312 g/mol. The van der Waals surface area contributed by atoms with Gasteiger partial charge in [-0.1, -0.05) is 11.6 Å². The molecule has 0 aromatic heterocycles. The van der Waals surface area contributed by atoms with Gasteiger partial charge in [0.15, 0.2) is 6.61 Å². The van der Waals surface area contributed by atoms with Crippen molar-refractivity contribution in [3.63, 3.8) is 0 Å². The number of anilines is 1. The Balaban J connectivity index is 2.49. The number of hydrazone groups is 1. The Morgan fingerprint density at radius 2 is 1.77 bits per heavy atom. The Labute approximate surface area is 133 Å². The number of carbonyl (C=O) groups is 2. The molecule has 0 amide bonds. The molecule has 8 heteroatoms. The van der Waals surface area contributed by atoms with E-state index < -0.39 is 11.9 Å². The van der Waals surface area contributed by atoms with Gasteiger partial charge in [0, 0.05) is 0 Å². The molecule has 0 spiro atoms. The molecular formula is C14H17ClN2O5. The van der Waals surface area contributed by atoms with E-state index in [0.29, 0.717) is 18.0 Å². The summed E-state index contributed by atoms with van der Waals surface area (Å²) < 4.78 is 14.7. The van der Waals surface area contributed by atoms with Crippen LogP contribution in [0.5, 0.6) is 5.75 Å². The maximum absolute atomic E-state index is 11.2. The molecule has 1 aromatic rings. The van der Waals surface area contributed by atoms with Crippen LogP contribution in [0.1, 0.15) is 13.8 Å². The van der Waals surface area contributed by atoms with Crippen LogP contribution in [-0.2, 0) is 19.1 Å². The predicted octanol–water partition coefficient (Wildman–Crippen LogP) is 2.16. The van der Waals surface area contributed by atoms with Gasteiger partial charge >= 0.3 is 11.9 Å². The van der Waals surface area contributed by atoms with Crippen molar-refractivity contribution in [2.45, 2.75) is 13.8 Å². The van der Waals surface area contributed by atoms with E-state index in [1.54, 1.807) is 38.1 Å². The number of nitrogens with one attached hydrogen (secondary N) is 1. The van der Waals surface area contributed by atoms with E-state index >= 15 is 0 Å². The second-order valence-electron chi connectivity index (χ2n) is 3.85. The first kappa shape index (κ1) is 17.8. The zero-order valence-electron chi connectivity index (χ0n) is 12.3. The number of carbonyl (C=O) groups excluding carboxylic acids is 2. The number of hydrogen-bond donors (Lipinski definition) is 1. The highest BCUT2D eigenvalue weighted by Gasteiger charge is 2.08. The maximum Gasteiger partial charge on any atom is 0.370 e. The highest BCUT2D eigenvalue weighted by molar-refractivity contribution is 6.82. The lowest BCUT2D eigenvalue weighted by atomic mass is 10.3. The molecule has 0 bridgehead atoms. The summed E-state index contributed by atoms with van der Waals surface area (Å²) in [7, 11) is 0. The molecule has 0 saturated heterocycles. The number of ether oxygens (including phenoxy) is 3. The third kappa shape index (κ3) is 6.45. The van der Waals surface area contributed by atoms with Crippen LogP contribution in [0.15, 0.2) is 29.4 Å². The van der Waals surface area contributed by atoms with E-state index in [1.807, 2.05) is 0 Å². The van der Waals surface area contributed by atoms with Crippen molar-refractivity contribution in [3.8, 4) is 5.75 Å². The molecule has 0 atom stereocenters. The first-order chi connectivity index (χ1) is 10.6. The van der Waals surface area contributed by atoms with Crippen molar-refractivity contribution in [1.29, 1.82) is 0 Å². The van der Waals surface area contributed by atoms with Gasteiger partial charge in [-0.25, -0.2) is 9.59 Å². The summed E-state index contributed by atoms with van der Waals surface area (Å²) >= 11 is 5.64. The Kier molecular flexibility index (Phi) is 7.77. The Bertz CT molecular complexity index is 531. The smallest absolute Gasteiger partial charge is 0.370 e. The highest BCUT2D eigenvalue weighted by Crippen LogP contribution is 2.15. The number of halogens is 1. The summed E-state index contributed by atoms with van der Waals surface area (Å²) in [5.74, 6) is -0.638. The SMILES string of the molecule is CCOC(=O)COc1ccc(N/N=C(/Cl)C(=O)OCC)cc1. The topological polar surface area (TPSA) is 86.2 Å². The number of hydrogen-bond acceptors (Lipinski definition) is 7. The van der Waals surface area contributed by atoms with Gasteiger partial charge < -0.3 is 14.2 Å². The fourth-order valence-corrected chi connectivity index (χ4v) is 1.42. The van der Waals surface area contributed by atoms with Crippen LogP contribution in [0.4, 0.5) is 5.69 Å². The van der Waals surface area contributed by atoms with Gasteiger partial charge in [0.1, 0.15) is 5.75 Å². The number of esters is 2. The van der Waals surface area contributed by atoms with E-state index in [4.69, 9.17) is 21.1 Å². The summed E-state index contributed by atoms with van der Waals surface area (Å²) in [5.41, 5.74) is 3.19. The Morgan fingerprint density at radius 3 is 2.36 bits per heavy atom. The van der Waals surface area contributed by atoms with Crippen LogP contribution in [0.25, 0.3) is 0 Å². The molecule has 1 aromatic carbocycles. The second kappa shape index (κ2) is 9.62. The standard InChI is InChI=1S/C14H17ClN2O5/c1-3-20-12(18)9-22-11-7-5-10(6-8-11)16-17-13(15)14(19)21-4-2/h5-8,16H,3-4,9H2,1-2H3/b17-13+. The lowest BCUT2D eigenvalue weighted by Crippen LogP contribution is -2.14. The third-order valence-corrected chi connectivity index (χ3v) is 2.48. The molecule has 7 nitrogen and oxygen atoms in total. The number of rotatable bonds is 8. The fraction of sp³-hybridized carbons (Fsp3) is 0.357. The van der Waals surface area contributed by atoms with Gasteiger partial charge in [-0.3, -0.25) is 5.43 Å². The van der Waals surface area contributed by atoms with E-state index in [-0.39, 0.29) is 18.4 Å². The average molecular weight is 329 g/mol. The molecule has 0 aliphatic carbocycles. The summed E-state index contributed by atoms with van der Waals surface area (Å²) in [6.45, 7) is 3.76. The van der Waals surface area contributed by atoms with E-state index in [2.05, 4.69) is 15.3 Å². The highest BCUT2D eigenvalue weighted by atomic mass is 35.5. The normalized spacial score (nSPS) is 10.8. The van der Waals surface area contributed by atoms with Gasteiger partial charge in [0.25, 0.3) is 0 Å². The number of benzene rings is 1. The molecule has 22 heavy (non-hydrogen) atoms. The Hall–Kier alpha value is -2.28. The Morgan fingerprint density at radius 1 is 1.14 bits per heavy atom. The molecule has 0 fully saturated rings. The van der Waals surface area contributed by atoms with Crippen molar-refractivity contribution >= 4 is 34.4 Å². The lowest BCUT2D eigenvalue weighted by molar-refractivity contribution is -0.145. The molecule has 0 aliphatic rings. The zero-order chi connectivity index (χ0) is 16.4. The van der Waals surface area contributed by atoms with Crippen LogP contribution in [0.3, 0.4) is 0 Å². The summed E-state index contributed by atoms with van der Waals surface area (Å²) in [6, 6.07) is 6.57. The van der Waals surface area contributed by atoms with Crippen molar-refractivity contribution in [3.05, 3.63) is 24.3 Å². The molecule has 0 unspecified atom stereocenters. The van der Waals surface area contributed by atoms with Gasteiger partial charge in [-0.05, 0) is 38.1 Å². The maximum atomic E-state index is 11.2. The van der Waals surface area contributed by atoms with E-state index in [9.17, 15) is 9.59 Å². The number of nitrogens with zero attached hydrogens (tertiary/aromatic N) is 1. The lowest BCUT2D eigenvalue weighted by Gasteiger charge is -2.06. The molecule has 0 heterocycles. The van der Waals surface area contributed by atoms with Crippen LogP contribution in [0, 0.1) is 0 Å². The third-order valence-electron chi connectivity index (χ3n) is 2.24. The van der Waals surface area contributed by atoms with Crippen molar-refractivity contribution < 1.29 is 23.8 Å². The van der Waals surface area contributed by atoms with Gasteiger partial charge in [0.2, 0.25) is 5.17 Å². The van der Waals surface area contributed by atoms with Crippen molar-refractivity contribution in [2.24, 2.45) is 5.10 Å². The van der Waals surface area contributed by atoms with E-state index in [0.717, 1.165) is 0 Å². The predicted molar refractivity (Wildman–Crippen MR) is 82.1 cm³/mol. The second-order valence-corrected chi connectivity index (χ2v) is 4.21. The zero-order valence-corrected chi connectivity index (χ0v) is 13.1. The molecule has 0 radical (unpaired) electrons. The minimum Gasteiger partial charge on any atom is -0.482 e. The quantitative estimate of drug-likeness (QED) is 0.447. The molecule has 120 valence electrons. The van der Waals surface area contributed by atoms with Crippen LogP contribution >= 0.6 is 11.6 Å². The minimum absolute atomic E-state index is 0.159. The minimum atomic E-state index is -0.703. The van der Waals surface area contributed by atoms with Gasteiger partial charge in [-0.15, -0.1) is 0 Å². The van der Waals surface area contributed by atoms with Crippen molar-refractivity contribution in [1.82, 2.24) is 0 Å². The van der Waals surface area contributed by atoms with Gasteiger partial charge in [0.05, 0.1) is 18.9 Å². The largest absolute Gasteiger partial charge is 0.482 e. The van der Waals surface area contributed by atoms with Gasteiger partial charge in [-0.2, -0.15) is 5.10 Å². The van der Waals surface area contributed by atoms with Crippen LogP contribution in [-0.4, -0.2) is 36.9 Å². The van der Waals surface area contributed by atoms with Crippen LogP contribution in [0.2, 0.25) is 0 Å². The van der Waals surface area contributed by atoms with Crippen molar-refractivity contribution in [2.75, 3.05) is 25.2 Å². The molecule has 1 N–H and O–H groups in total. The van der Waals surface area contributed by atoms with E-state index in [1.165, 1.54) is 0 Å².